The number of nitrogens with zero attached hydrogens (tertiary/aromatic N) is 2. The zero-order valence-electron chi connectivity index (χ0n) is 19.2. The third-order valence-corrected chi connectivity index (χ3v) is 7.43. The van der Waals surface area contributed by atoms with E-state index in [4.69, 9.17) is 9.26 Å². The molecule has 0 aliphatic carbocycles. The summed E-state index contributed by atoms with van der Waals surface area (Å²) < 4.78 is 38.8. The van der Waals surface area contributed by atoms with E-state index in [0.29, 0.717) is 48.3 Å². The summed E-state index contributed by atoms with van der Waals surface area (Å²) in [6.07, 6.45) is 1.66. The molecule has 34 heavy (non-hydrogen) atoms. The van der Waals surface area contributed by atoms with Crippen LogP contribution in [0.3, 0.4) is 0 Å². The van der Waals surface area contributed by atoms with Crippen molar-refractivity contribution in [2.45, 2.75) is 37.6 Å². The van der Waals surface area contributed by atoms with Gasteiger partial charge in [0.2, 0.25) is 10.0 Å². The van der Waals surface area contributed by atoms with Crippen LogP contribution in [0.15, 0.2) is 64.0 Å². The van der Waals surface area contributed by atoms with E-state index in [1.54, 1.807) is 32.0 Å². The molecule has 4 rings (SSSR count). The summed E-state index contributed by atoms with van der Waals surface area (Å²) in [6.45, 7) is 4.84. The molecule has 0 bridgehead atoms. The van der Waals surface area contributed by atoms with Crippen LogP contribution in [0.5, 0.6) is 5.75 Å². The highest BCUT2D eigenvalue weighted by molar-refractivity contribution is 7.89. The second-order valence-corrected chi connectivity index (χ2v) is 9.91. The number of ether oxygens (including phenoxy) is 1. The standard InChI is InChI=1S/C24H28N4O5S/c1-3-32-20-12-11-19(16-21(20)34(30,31)28-13-7-8-14-28)25-23(18-9-5-4-6-10-18)24(29)26-22-15-17(2)33-27-22/h4-6,9-12,15-16,23,25H,3,7-8,13-14H2,1-2H3,(H,26,27,29). The Bertz CT molecular complexity index is 1240. The lowest BCUT2D eigenvalue weighted by Gasteiger charge is -2.22. The SMILES string of the molecule is CCOc1ccc(NC(C(=O)Nc2cc(C)on2)c2ccccc2)cc1S(=O)(=O)N1CCCC1. The number of carbonyl (C=O) groups is 1. The fraction of sp³-hybridized carbons (Fsp3) is 0.333. The van der Waals surface area contributed by atoms with Crippen LogP contribution in [0.1, 0.15) is 37.1 Å². The maximum Gasteiger partial charge on any atom is 0.252 e. The minimum absolute atomic E-state index is 0.0839. The van der Waals surface area contributed by atoms with Crippen LogP contribution in [-0.4, -0.2) is 43.5 Å². The van der Waals surface area contributed by atoms with E-state index in [2.05, 4.69) is 15.8 Å². The summed E-state index contributed by atoms with van der Waals surface area (Å²) in [7, 11) is -3.74. The molecule has 1 unspecified atom stereocenters. The molecule has 0 spiro atoms. The van der Waals surface area contributed by atoms with Gasteiger partial charge >= 0.3 is 0 Å². The first-order chi connectivity index (χ1) is 16.4. The molecule has 180 valence electrons. The normalized spacial score (nSPS) is 15.1. The van der Waals surface area contributed by atoms with Crippen molar-refractivity contribution in [2.24, 2.45) is 0 Å². The van der Waals surface area contributed by atoms with E-state index in [9.17, 15) is 13.2 Å². The number of rotatable bonds is 9. The topological polar surface area (TPSA) is 114 Å². The molecule has 2 heterocycles. The zero-order valence-corrected chi connectivity index (χ0v) is 20.0. The molecule has 1 atom stereocenters. The molecule has 2 N–H and O–H groups in total. The third-order valence-electron chi connectivity index (χ3n) is 5.51. The number of hydrogen-bond donors (Lipinski definition) is 2. The van der Waals surface area contributed by atoms with Crippen LogP contribution < -0.4 is 15.4 Å². The molecule has 10 heteroatoms. The molecule has 0 saturated carbocycles. The van der Waals surface area contributed by atoms with Crippen molar-refractivity contribution in [1.29, 1.82) is 0 Å². The van der Waals surface area contributed by atoms with E-state index in [1.165, 1.54) is 10.4 Å². The van der Waals surface area contributed by atoms with Gasteiger partial charge in [-0.25, -0.2) is 8.42 Å². The monoisotopic (exact) mass is 484 g/mol. The summed E-state index contributed by atoms with van der Waals surface area (Å²) in [6, 6.07) is 14.8. The highest BCUT2D eigenvalue weighted by Gasteiger charge is 2.31. The zero-order chi connectivity index (χ0) is 24.1. The van der Waals surface area contributed by atoms with Crippen molar-refractivity contribution in [3.8, 4) is 5.75 Å². The summed E-state index contributed by atoms with van der Waals surface area (Å²) in [4.78, 5) is 13.3. The Morgan fingerprint density at radius 1 is 1.15 bits per heavy atom. The van der Waals surface area contributed by atoms with Gasteiger partial charge in [0.25, 0.3) is 5.91 Å². The molecule has 9 nitrogen and oxygen atoms in total. The molecule has 1 aliphatic heterocycles. The molecule has 1 aliphatic rings. The van der Waals surface area contributed by atoms with Crippen LogP contribution in [0, 0.1) is 6.92 Å². The number of benzene rings is 2. The average Bonchev–Trinajstić information content (AvgIpc) is 3.51. The molecule has 1 saturated heterocycles. The number of amides is 1. The van der Waals surface area contributed by atoms with E-state index in [1.807, 2.05) is 30.3 Å². The van der Waals surface area contributed by atoms with Crippen LogP contribution >= 0.6 is 0 Å². The van der Waals surface area contributed by atoms with Gasteiger partial charge in [0.05, 0.1) is 6.61 Å². The van der Waals surface area contributed by atoms with Crippen LogP contribution in [0.4, 0.5) is 11.5 Å². The molecule has 1 aromatic heterocycles. The van der Waals surface area contributed by atoms with Gasteiger partial charge in [-0.1, -0.05) is 35.5 Å². The second-order valence-electron chi connectivity index (χ2n) is 8.01. The van der Waals surface area contributed by atoms with E-state index in [0.717, 1.165) is 12.8 Å². The lowest BCUT2D eigenvalue weighted by molar-refractivity contribution is -0.117. The maximum atomic E-state index is 13.3. The smallest absolute Gasteiger partial charge is 0.252 e. The fourth-order valence-electron chi connectivity index (χ4n) is 3.88. The summed E-state index contributed by atoms with van der Waals surface area (Å²) in [5, 5.41) is 9.76. The molecule has 1 fully saturated rings. The van der Waals surface area contributed by atoms with E-state index in [-0.39, 0.29) is 10.8 Å². The third kappa shape index (κ3) is 5.23. The number of aryl methyl sites for hydroxylation is 1. The average molecular weight is 485 g/mol. The molecule has 0 radical (unpaired) electrons. The Kier molecular flexibility index (Phi) is 7.18. The van der Waals surface area contributed by atoms with Gasteiger partial charge in [0.15, 0.2) is 5.82 Å². The first-order valence-corrected chi connectivity index (χ1v) is 12.6. The molecule has 3 aromatic rings. The fourth-order valence-corrected chi connectivity index (χ4v) is 5.55. The Labute approximate surface area is 199 Å². The Balaban J connectivity index is 1.67. The van der Waals surface area contributed by atoms with Gasteiger partial charge < -0.3 is 19.9 Å². The van der Waals surface area contributed by atoms with Gasteiger partial charge in [0.1, 0.15) is 22.4 Å². The number of aromatic nitrogens is 1. The van der Waals surface area contributed by atoms with Crippen molar-refractivity contribution in [3.63, 3.8) is 0 Å². The molecular formula is C24H28N4O5S. The number of carbonyl (C=O) groups excluding carboxylic acids is 1. The minimum Gasteiger partial charge on any atom is -0.492 e. The second kappa shape index (κ2) is 10.3. The highest BCUT2D eigenvalue weighted by atomic mass is 32.2. The molecule has 1 amide bonds. The predicted octanol–water partition coefficient (Wildman–Crippen LogP) is 3.96. The van der Waals surface area contributed by atoms with E-state index < -0.39 is 16.1 Å². The lowest BCUT2D eigenvalue weighted by atomic mass is 10.1. The van der Waals surface area contributed by atoms with Crippen LogP contribution in [0.25, 0.3) is 0 Å². The number of nitrogens with one attached hydrogen (secondary N) is 2. The largest absolute Gasteiger partial charge is 0.492 e. The summed E-state index contributed by atoms with van der Waals surface area (Å²) in [5.74, 6) is 0.799. The highest BCUT2D eigenvalue weighted by Crippen LogP contribution is 2.33. The van der Waals surface area contributed by atoms with Crippen molar-refractivity contribution in [3.05, 3.63) is 65.9 Å². The number of sulfonamides is 1. The maximum absolute atomic E-state index is 13.3. The molecule has 2 aromatic carbocycles. The Hall–Kier alpha value is -3.37. The quantitative estimate of drug-likeness (QED) is 0.473. The van der Waals surface area contributed by atoms with Gasteiger partial charge in [-0.3, -0.25) is 4.79 Å². The number of hydrogen-bond acceptors (Lipinski definition) is 7. The van der Waals surface area contributed by atoms with Gasteiger partial charge in [-0.15, -0.1) is 0 Å². The summed E-state index contributed by atoms with van der Waals surface area (Å²) >= 11 is 0. The Morgan fingerprint density at radius 2 is 1.88 bits per heavy atom. The van der Waals surface area contributed by atoms with Crippen molar-refractivity contribution in [2.75, 3.05) is 30.3 Å². The van der Waals surface area contributed by atoms with Gasteiger partial charge in [-0.05, 0) is 50.5 Å². The van der Waals surface area contributed by atoms with Crippen molar-refractivity contribution in [1.82, 2.24) is 9.46 Å². The van der Waals surface area contributed by atoms with Crippen LogP contribution in [-0.2, 0) is 14.8 Å². The predicted molar refractivity (Wildman–Crippen MR) is 128 cm³/mol. The van der Waals surface area contributed by atoms with Gasteiger partial charge in [-0.2, -0.15) is 4.31 Å². The van der Waals surface area contributed by atoms with Crippen LogP contribution in [0.2, 0.25) is 0 Å². The van der Waals surface area contributed by atoms with Crippen molar-refractivity contribution >= 4 is 27.4 Å². The first-order valence-electron chi connectivity index (χ1n) is 11.2. The number of anilines is 2. The molecular weight excluding hydrogens is 456 g/mol. The lowest BCUT2D eigenvalue weighted by Crippen LogP contribution is -2.29. The van der Waals surface area contributed by atoms with Crippen molar-refractivity contribution < 1.29 is 22.5 Å². The minimum atomic E-state index is -3.74. The summed E-state index contributed by atoms with van der Waals surface area (Å²) in [5.41, 5.74) is 1.18. The van der Waals surface area contributed by atoms with Gasteiger partial charge in [0, 0.05) is 24.8 Å². The Morgan fingerprint density at radius 3 is 2.53 bits per heavy atom. The van der Waals surface area contributed by atoms with E-state index >= 15 is 0 Å². The first kappa shape index (κ1) is 23.8.